The summed E-state index contributed by atoms with van der Waals surface area (Å²) in [5.74, 6) is -0.400. The monoisotopic (exact) mass is 227 g/mol. The minimum absolute atomic E-state index is 0.371. The average Bonchev–Trinajstić information content (AvgIpc) is 2.15. The van der Waals surface area contributed by atoms with Crippen LogP contribution in [0.4, 0.5) is 0 Å². The highest BCUT2D eigenvalue weighted by atomic mass is 32.2. The van der Waals surface area contributed by atoms with E-state index in [1.807, 2.05) is 0 Å². The molecule has 0 aromatic carbocycles. The lowest BCUT2D eigenvalue weighted by molar-refractivity contribution is 0.0990. The first-order valence-corrected chi connectivity index (χ1v) is 6.43. The number of ketones is 1. The van der Waals surface area contributed by atoms with Gasteiger partial charge in [0.25, 0.3) is 0 Å². The van der Waals surface area contributed by atoms with E-state index < -0.39 is 20.9 Å². The van der Waals surface area contributed by atoms with Gasteiger partial charge in [0.1, 0.15) is 5.25 Å². The number of Topliss-reactive ketones (excluding diaryl/α,β-unsaturated/α-hetero) is 1. The third-order valence-electron chi connectivity index (χ3n) is 2.32. The summed E-state index contributed by atoms with van der Waals surface area (Å²) in [5, 5.41) is -1.01. The zero-order valence-electron chi connectivity index (χ0n) is 8.89. The Morgan fingerprint density at radius 1 is 1.47 bits per heavy atom. The Hall–Kier alpha value is -1.23. The van der Waals surface area contributed by atoms with Crippen LogP contribution in [-0.2, 0) is 9.84 Å². The van der Waals surface area contributed by atoms with E-state index >= 15 is 0 Å². The topological polar surface area (TPSA) is 64.1 Å². The fraction of sp³-hybridized carbons (Fsp3) is 0.400. The van der Waals surface area contributed by atoms with Gasteiger partial charge in [-0.15, -0.1) is 0 Å². The molecule has 4 nitrogen and oxygen atoms in total. The maximum absolute atomic E-state index is 11.8. The van der Waals surface area contributed by atoms with E-state index in [1.54, 1.807) is 19.2 Å². The summed E-state index contributed by atoms with van der Waals surface area (Å²) in [4.78, 5) is 15.6. The van der Waals surface area contributed by atoms with Gasteiger partial charge in [-0.2, -0.15) is 0 Å². The zero-order valence-corrected chi connectivity index (χ0v) is 9.71. The van der Waals surface area contributed by atoms with Gasteiger partial charge in [-0.1, -0.05) is 0 Å². The molecule has 0 saturated heterocycles. The van der Waals surface area contributed by atoms with Crippen molar-refractivity contribution in [1.82, 2.24) is 4.98 Å². The number of hydrogen-bond donors (Lipinski definition) is 0. The molecule has 0 spiro atoms. The van der Waals surface area contributed by atoms with Gasteiger partial charge in [-0.3, -0.25) is 9.78 Å². The maximum atomic E-state index is 11.8. The molecule has 5 heteroatoms. The summed E-state index contributed by atoms with van der Waals surface area (Å²) in [6.07, 6.45) is 4.03. The van der Waals surface area contributed by atoms with E-state index in [4.69, 9.17) is 0 Å². The first-order valence-electron chi connectivity index (χ1n) is 4.47. The lowest BCUT2D eigenvalue weighted by Gasteiger charge is -2.09. The number of carbonyl (C=O) groups excluding carboxylic acids is 1. The van der Waals surface area contributed by atoms with Crippen molar-refractivity contribution < 1.29 is 13.2 Å². The third kappa shape index (κ3) is 2.62. The van der Waals surface area contributed by atoms with E-state index in [1.165, 1.54) is 13.1 Å². The second-order valence-corrected chi connectivity index (χ2v) is 5.89. The smallest absolute Gasteiger partial charge is 0.182 e. The van der Waals surface area contributed by atoms with Gasteiger partial charge < -0.3 is 0 Å². The molecule has 0 aliphatic rings. The number of pyridine rings is 1. The summed E-state index contributed by atoms with van der Waals surface area (Å²) in [6, 6.07) is 1.68. The molecule has 1 aromatic rings. The SMILES string of the molecule is Cc1ccncc1C(=O)C(C)S(C)(=O)=O. The zero-order chi connectivity index (χ0) is 11.6. The van der Waals surface area contributed by atoms with Crippen LogP contribution in [0.2, 0.25) is 0 Å². The van der Waals surface area contributed by atoms with Crippen molar-refractivity contribution in [2.24, 2.45) is 0 Å². The van der Waals surface area contributed by atoms with Crippen LogP contribution in [0, 0.1) is 6.92 Å². The number of hydrogen-bond acceptors (Lipinski definition) is 4. The van der Waals surface area contributed by atoms with Crippen LogP contribution in [0.5, 0.6) is 0 Å². The number of carbonyl (C=O) groups is 1. The molecule has 0 aliphatic carbocycles. The molecule has 82 valence electrons. The molecule has 0 amide bonds. The molecule has 0 saturated carbocycles. The fourth-order valence-electron chi connectivity index (χ4n) is 1.14. The highest BCUT2D eigenvalue weighted by Gasteiger charge is 2.25. The highest BCUT2D eigenvalue weighted by molar-refractivity contribution is 7.92. The fourth-order valence-corrected chi connectivity index (χ4v) is 1.65. The van der Waals surface area contributed by atoms with Crippen molar-refractivity contribution >= 4 is 15.6 Å². The van der Waals surface area contributed by atoms with Gasteiger partial charge in [-0.25, -0.2) is 8.42 Å². The van der Waals surface area contributed by atoms with Gasteiger partial charge >= 0.3 is 0 Å². The van der Waals surface area contributed by atoms with Crippen molar-refractivity contribution in [3.8, 4) is 0 Å². The Kier molecular flexibility index (Phi) is 3.24. The largest absolute Gasteiger partial charge is 0.293 e. The van der Waals surface area contributed by atoms with Crippen LogP contribution < -0.4 is 0 Å². The lowest BCUT2D eigenvalue weighted by Crippen LogP contribution is -2.26. The van der Waals surface area contributed by atoms with Gasteiger partial charge in [0.15, 0.2) is 15.6 Å². The first-order chi connectivity index (χ1) is 6.84. The van der Waals surface area contributed by atoms with Gasteiger partial charge in [0.2, 0.25) is 0 Å². The Labute approximate surface area is 89.3 Å². The summed E-state index contributed by atoms with van der Waals surface area (Å²) in [7, 11) is -3.34. The Morgan fingerprint density at radius 2 is 2.07 bits per heavy atom. The first kappa shape index (κ1) is 11.8. The van der Waals surface area contributed by atoms with Crippen molar-refractivity contribution in [2.75, 3.05) is 6.26 Å². The quantitative estimate of drug-likeness (QED) is 0.723. The summed E-state index contributed by atoms with van der Waals surface area (Å²) >= 11 is 0. The van der Waals surface area contributed by atoms with Gasteiger partial charge in [0.05, 0.1) is 0 Å². The number of aryl methyl sites for hydroxylation is 1. The summed E-state index contributed by atoms with van der Waals surface area (Å²) < 4.78 is 22.4. The van der Waals surface area contributed by atoms with Crippen molar-refractivity contribution in [3.05, 3.63) is 29.6 Å². The minimum atomic E-state index is -3.34. The second-order valence-electron chi connectivity index (χ2n) is 3.53. The number of sulfone groups is 1. The van der Waals surface area contributed by atoms with Crippen LogP contribution in [0.1, 0.15) is 22.8 Å². The predicted octanol–water partition coefficient (Wildman–Crippen LogP) is 1.01. The molecule has 1 unspecified atom stereocenters. The predicted molar refractivity (Wildman–Crippen MR) is 57.6 cm³/mol. The maximum Gasteiger partial charge on any atom is 0.182 e. The molecule has 1 heterocycles. The molecular formula is C10H13NO3S. The number of rotatable bonds is 3. The van der Waals surface area contributed by atoms with Crippen LogP contribution in [0.3, 0.4) is 0 Å². The molecule has 15 heavy (non-hydrogen) atoms. The Morgan fingerprint density at radius 3 is 2.53 bits per heavy atom. The van der Waals surface area contributed by atoms with Crippen LogP contribution in [0.25, 0.3) is 0 Å². The van der Waals surface area contributed by atoms with Gasteiger partial charge in [-0.05, 0) is 25.5 Å². The molecule has 1 aromatic heterocycles. The van der Waals surface area contributed by atoms with Gasteiger partial charge in [0, 0.05) is 24.2 Å². The molecule has 0 bridgehead atoms. The molecule has 0 fully saturated rings. The molecular weight excluding hydrogens is 214 g/mol. The molecule has 1 atom stereocenters. The van der Waals surface area contributed by atoms with E-state index in [9.17, 15) is 13.2 Å². The standard InChI is InChI=1S/C10H13NO3S/c1-7-4-5-11-6-9(7)10(12)8(2)15(3,13)14/h4-6,8H,1-3H3. The van der Waals surface area contributed by atoms with Crippen LogP contribution in [0.15, 0.2) is 18.5 Å². The average molecular weight is 227 g/mol. The number of nitrogens with zero attached hydrogens (tertiary/aromatic N) is 1. The summed E-state index contributed by atoms with van der Waals surface area (Å²) in [6.45, 7) is 3.15. The molecule has 0 aliphatic heterocycles. The van der Waals surface area contributed by atoms with E-state index in [0.29, 0.717) is 5.56 Å². The lowest BCUT2D eigenvalue weighted by atomic mass is 10.1. The summed E-state index contributed by atoms with van der Waals surface area (Å²) in [5.41, 5.74) is 1.11. The van der Waals surface area contributed by atoms with E-state index in [-0.39, 0.29) is 0 Å². The Balaban J connectivity index is 3.12. The number of aromatic nitrogens is 1. The minimum Gasteiger partial charge on any atom is -0.293 e. The molecule has 1 rings (SSSR count). The van der Waals surface area contributed by atoms with Crippen molar-refractivity contribution in [3.63, 3.8) is 0 Å². The van der Waals surface area contributed by atoms with E-state index in [0.717, 1.165) is 11.8 Å². The normalized spacial score (nSPS) is 13.5. The highest BCUT2D eigenvalue weighted by Crippen LogP contribution is 2.12. The third-order valence-corrected chi connectivity index (χ3v) is 3.81. The van der Waals surface area contributed by atoms with Crippen molar-refractivity contribution in [1.29, 1.82) is 0 Å². The molecule has 0 radical (unpaired) electrons. The van der Waals surface area contributed by atoms with Crippen LogP contribution in [-0.4, -0.2) is 30.7 Å². The molecule has 0 N–H and O–H groups in total. The van der Waals surface area contributed by atoms with Crippen molar-refractivity contribution in [2.45, 2.75) is 19.1 Å². The second kappa shape index (κ2) is 4.10. The van der Waals surface area contributed by atoms with E-state index in [2.05, 4.69) is 4.98 Å². The Bertz CT molecular complexity index is 479. The van der Waals surface area contributed by atoms with Crippen LogP contribution >= 0.6 is 0 Å².